The Hall–Kier alpha value is -0.760. The van der Waals surface area contributed by atoms with Crippen molar-refractivity contribution in [3.63, 3.8) is 0 Å². The van der Waals surface area contributed by atoms with Crippen LogP contribution in [-0.2, 0) is 6.54 Å². The van der Waals surface area contributed by atoms with Crippen molar-refractivity contribution in [3.05, 3.63) is 23.0 Å². The van der Waals surface area contributed by atoms with Crippen molar-refractivity contribution in [2.24, 2.45) is 0 Å². The summed E-state index contributed by atoms with van der Waals surface area (Å²) in [5.74, 6) is 0.201. The number of aromatic nitrogens is 1. The number of carbonyl (C=O) groups is 1. The van der Waals surface area contributed by atoms with Crippen LogP contribution in [0, 0.1) is 0 Å². The third kappa shape index (κ3) is 0.625. The zero-order valence-corrected chi connectivity index (χ0v) is 6.06. The highest BCUT2D eigenvalue weighted by atomic mass is 35.5. The molecule has 0 spiro atoms. The normalized spacial score (nSPS) is 15.9. The number of hydrogen-bond donors (Lipinski definition) is 0. The summed E-state index contributed by atoms with van der Waals surface area (Å²) in [7, 11) is 0. The third-order valence-corrected chi connectivity index (χ3v) is 2.11. The molecule has 2 heterocycles. The van der Waals surface area contributed by atoms with Gasteiger partial charge in [0, 0.05) is 13.0 Å². The molecular formula is C7H6ClNO. The first-order valence-corrected chi connectivity index (χ1v) is 3.55. The summed E-state index contributed by atoms with van der Waals surface area (Å²) in [5, 5.41) is 0.667. The molecule has 0 saturated heterocycles. The number of nitrogens with zero attached hydrogens (tertiary/aromatic N) is 1. The number of halogens is 1. The van der Waals surface area contributed by atoms with Crippen LogP contribution in [0.4, 0.5) is 0 Å². The molecule has 0 saturated carbocycles. The summed E-state index contributed by atoms with van der Waals surface area (Å²) in [6, 6.07) is 3.53. The van der Waals surface area contributed by atoms with Crippen LogP contribution in [0.1, 0.15) is 16.9 Å². The molecule has 0 N–H and O–H groups in total. The molecule has 0 fully saturated rings. The van der Waals surface area contributed by atoms with Crippen molar-refractivity contribution in [1.82, 2.24) is 4.57 Å². The molecule has 1 aliphatic rings. The second-order valence-electron chi connectivity index (χ2n) is 2.37. The fourth-order valence-electron chi connectivity index (χ4n) is 1.25. The van der Waals surface area contributed by atoms with Crippen LogP contribution < -0.4 is 0 Å². The first-order chi connectivity index (χ1) is 4.79. The summed E-state index contributed by atoms with van der Waals surface area (Å²) in [4.78, 5) is 11.0. The van der Waals surface area contributed by atoms with Gasteiger partial charge in [-0.25, -0.2) is 0 Å². The first-order valence-electron chi connectivity index (χ1n) is 3.17. The lowest BCUT2D eigenvalue weighted by molar-refractivity contribution is 0.0994. The predicted molar refractivity (Wildman–Crippen MR) is 38.4 cm³/mol. The SMILES string of the molecule is O=C1CCn2c(Cl)ccc21. The summed E-state index contributed by atoms with van der Waals surface area (Å²) in [6.07, 6.45) is 0.607. The number of rotatable bonds is 0. The maximum absolute atomic E-state index is 11.0. The smallest absolute Gasteiger partial charge is 0.181 e. The molecule has 0 atom stereocenters. The average molecular weight is 156 g/mol. The molecule has 1 aromatic heterocycles. The van der Waals surface area contributed by atoms with Gasteiger partial charge in [0.15, 0.2) is 5.78 Å². The van der Waals surface area contributed by atoms with Gasteiger partial charge in [0.1, 0.15) is 5.15 Å². The zero-order chi connectivity index (χ0) is 7.14. The first kappa shape index (κ1) is 5.98. The quantitative estimate of drug-likeness (QED) is 0.559. The van der Waals surface area contributed by atoms with Crippen LogP contribution in [0.2, 0.25) is 5.15 Å². The lowest BCUT2D eigenvalue weighted by atomic mass is 10.3. The van der Waals surface area contributed by atoms with Crippen LogP contribution in [0.3, 0.4) is 0 Å². The molecule has 0 amide bonds. The minimum absolute atomic E-state index is 0.201. The van der Waals surface area contributed by atoms with Crippen LogP contribution in [-0.4, -0.2) is 10.4 Å². The van der Waals surface area contributed by atoms with Crippen molar-refractivity contribution in [2.45, 2.75) is 13.0 Å². The Kier molecular flexibility index (Phi) is 1.11. The molecule has 2 rings (SSSR count). The summed E-state index contributed by atoms with van der Waals surface area (Å²) in [5.41, 5.74) is 0.755. The fraction of sp³-hybridized carbons (Fsp3) is 0.286. The summed E-state index contributed by atoms with van der Waals surface area (Å²) >= 11 is 5.76. The second-order valence-corrected chi connectivity index (χ2v) is 2.75. The zero-order valence-electron chi connectivity index (χ0n) is 5.30. The van der Waals surface area contributed by atoms with E-state index >= 15 is 0 Å². The highest BCUT2D eigenvalue weighted by Crippen LogP contribution is 2.21. The van der Waals surface area contributed by atoms with E-state index in [-0.39, 0.29) is 5.78 Å². The van der Waals surface area contributed by atoms with Crippen LogP contribution >= 0.6 is 11.6 Å². The van der Waals surface area contributed by atoms with Gasteiger partial charge in [0.05, 0.1) is 5.69 Å². The Labute approximate surface area is 63.4 Å². The number of carbonyl (C=O) groups excluding carboxylic acids is 1. The Morgan fingerprint density at radius 1 is 1.50 bits per heavy atom. The number of ketones is 1. The van der Waals surface area contributed by atoms with E-state index in [0.29, 0.717) is 11.6 Å². The van der Waals surface area contributed by atoms with E-state index < -0.39 is 0 Å². The molecule has 0 unspecified atom stereocenters. The lowest BCUT2D eigenvalue weighted by Crippen LogP contribution is -1.91. The van der Waals surface area contributed by atoms with Crippen LogP contribution in [0.25, 0.3) is 0 Å². The molecule has 3 heteroatoms. The van der Waals surface area contributed by atoms with E-state index in [4.69, 9.17) is 11.6 Å². The van der Waals surface area contributed by atoms with Crippen molar-refractivity contribution in [2.75, 3.05) is 0 Å². The van der Waals surface area contributed by atoms with Gasteiger partial charge in [-0.1, -0.05) is 11.6 Å². The Morgan fingerprint density at radius 2 is 2.30 bits per heavy atom. The van der Waals surface area contributed by atoms with Crippen molar-refractivity contribution in [1.29, 1.82) is 0 Å². The monoisotopic (exact) mass is 155 g/mol. The topological polar surface area (TPSA) is 22.0 Å². The van der Waals surface area contributed by atoms with Gasteiger partial charge < -0.3 is 4.57 Å². The summed E-state index contributed by atoms with van der Waals surface area (Å²) < 4.78 is 1.84. The summed E-state index contributed by atoms with van der Waals surface area (Å²) in [6.45, 7) is 0.750. The standard InChI is InChI=1S/C7H6ClNO/c8-7-2-1-5-6(10)3-4-9(5)7/h1-2H,3-4H2. The van der Waals surface area contributed by atoms with E-state index in [2.05, 4.69) is 0 Å². The van der Waals surface area contributed by atoms with Gasteiger partial charge in [-0.2, -0.15) is 0 Å². The molecular weight excluding hydrogens is 150 g/mol. The molecule has 0 aliphatic carbocycles. The minimum atomic E-state index is 0.201. The van der Waals surface area contributed by atoms with E-state index in [0.717, 1.165) is 12.2 Å². The van der Waals surface area contributed by atoms with Gasteiger partial charge in [0.25, 0.3) is 0 Å². The largest absolute Gasteiger partial charge is 0.329 e. The van der Waals surface area contributed by atoms with Gasteiger partial charge >= 0.3 is 0 Å². The van der Waals surface area contributed by atoms with E-state index in [9.17, 15) is 4.79 Å². The molecule has 1 aliphatic heterocycles. The number of fused-ring (bicyclic) bond motifs is 1. The molecule has 0 aromatic carbocycles. The van der Waals surface area contributed by atoms with Gasteiger partial charge in [-0.05, 0) is 12.1 Å². The highest BCUT2D eigenvalue weighted by Gasteiger charge is 2.20. The molecule has 10 heavy (non-hydrogen) atoms. The van der Waals surface area contributed by atoms with Gasteiger partial charge in [-0.15, -0.1) is 0 Å². The number of hydrogen-bond acceptors (Lipinski definition) is 1. The van der Waals surface area contributed by atoms with Crippen molar-refractivity contribution < 1.29 is 4.79 Å². The highest BCUT2D eigenvalue weighted by molar-refractivity contribution is 6.30. The Balaban J connectivity index is 2.63. The van der Waals surface area contributed by atoms with Gasteiger partial charge in [-0.3, -0.25) is 4.79 Å². The fourth-order valence-corrected chi connectivity index (χ4v) is 1.49. The molecule has 1 aromatic rings. The molecule has 0 bridgehead atoms. The van der Waals surface area contributed by atoms with E-state index in [1.807, 2.05) is 4.57 Å². The van der Waals surface area contributed by atoms with E-state index in [1.54, 1.807) is 12.1 Å². The van der Waals surface area contributed by atoms with E-state index in [1.165, 1.54) is 0 Å². The lowest BCUT2D eigenvalue weighted by Gasteiger charge is -1.94. The Bertz CT molecular complexity index is 290. The van der Waals surface area contributed by atoms with Crippen LogP contribution in [0.5, 0.6) is 0 Å². The number of Topliss-reactive ketones (excluding diaryl/α,β-unsaturated/α-hetero) is 1. The van der Waals surface area contributed by atoms with Crippen molar-refractivity contribution in [3.8, 4) is 0 Å². The minimum Gasteiger partial charge on any atom is -0.329 e. The molecule has 0 radical (unpaired) electrons. The van der Waals surface area contributed by atoms with Crippen molar-refractivity contribution >= 4 is 17.4 Å². The Morgan fingerprint density at radius 3 is 3.00 bits per heavy atom. The average Bonchev–Trinajstić information content (AvgIpc) is 2.41. The second kappa shape index (κ2) is 1.86. The third-order valence-electron chi connectivity index (χ3n) is 1.78. The molecule has 2 nitrogen and oxygen atoms in total. The predicted octanol–water partition coefficient (Wildman–Crippen LogP) is 1.73. The maximum atomic E-state index is 11.0. The molecule has 52 valence electrons. The van der Waals surface area contributed by atoms with Crippen LogP contribution in [0.15, 0.2) is 12.1 Å². The van der Waals surface area contributed by atoms with Gasteiger partial charge in [0.2, 0.25) is 0 Å². The maximum Gasteiger partial charge on any atom is 0.181 e.